The Morgan fingerprint density at radius 2 is 1.30 bits per heavy atom. The lowest BCUT2D eigenvalue weighted by Crippen LogP contribution is -2.40. The summed E-state index contributed by atoms with van der Waals surface area (Å²) in [6.07, 6.45) is 9.18. The van der Waals surface area contributed by atoms with Gasteiger partial charge in [-0.2, -0.15) is 8.78 Å². The number of rotatable bonds is 15. The van der Waals surface area contributed by atoms with E-state index in [9.17, 15) is 18.0 Å². The Hall–Kier alpha value is -0.740. The first-order chi connectivity index (χ1) is 11.0. The van der Waals surface area contributed by atoms with Crippen molar-refractivity contribution in [3.63, 3.8) is 0 Å². The first-order valence-electron chi connectivity index (χ1n) is 9.15. The highest BCUT2D eigenvalue weighted by atomic mass is 19.3. The van der Waals surface area contributed by atoms with Crippen molar-refractivity contribution >= 4 is 5.97 Å². The molecule has 0 aliphatic rings. The standard InChI is InChI=1S/C18H33F3O2/c1-3-5-6-7-8-9-10-11-12-13-14-15-16(19)18(20,21)17(22)23-4-2/h16H,3-15H2,1-2H3. The molecule has 23 heavy (non-hydrogen) atoms. The van der Waals surface area contributed by atoms with Crippen molar-refractivity contribution in [3.8, 4) is 0 Å². The van der Waals surface area contributed by atoms with Crippen molar-refractivity contribution < 1.29 is 22.7 Å². The summed E-state index contributed by atoms with van der Waals surface area (Å²) in [7, 11) is 0. The van der Waals surface area contributed by atoms with Crippen LogP contribution in [0.3, 0.4) is 0 Å². The van der Waals surface area contributed by atoms with Crippen molar-refractivity contribution in [1.29, 1.82) is 0 Å². The summed E-state index contributed by atoms with van der Waals surface area (Å²) in [4.78, 5) is 11.0. The van der Waals surface area contributed by atoms with Gasteiger partial charge in [0.05, 0.1) is 6.61 Å². The van der Waals surface area contributed by atoms with E-state index in [4.69, 9.17) is 0 Å². The van der Waals surface area contributed by atoms with Crippen LogP contribution in [0, 0.1) is 0 Å². The van der Waals surface area contributed by atoms with Gasteiger partial charge in [0.1, 0.15) is 0 Å². The monoisotopic (exact) mass is 338 g/mol. The Balaban J connectivity index is 3.55. The van der Waals surface area contributed by atoms with E-state index in [0.717, 1.165) is 25.7 Å². The maximum atomic E-state index is 13.5. The van der Waals surface area contributed by atoms with Crippen molar-refractivity contribution in [1.82, 2.24) is 0 Å². The van der Waals surface area contributed by atoms with Crippen LogP contribution in [0.25, 0.3) is 0 Å². The zero-order valence-electron chi connectivity index (χ0n) is 14.7. The van der Waals surface area contributed by atoms with E-state index in [-0.39, 0.29) is 13.0 Å². The minimum absolute atomic E-state index is 0.167. The summed E-state index contributed by atoms with van der Waals surface area (Å²) in [5.41, 5.74) is 0. The molecule has 0 aromatic carbocycles. The van der Waals surface area contributed by atoms with Gasteiger partial charge >= 0.3 is 11.9 Å². The molecular weight excluding hydrogens is 305 g/mol. The first-order valence-corrected chi connectivity index (χ1v) is 9.15. The van der Waals surface area contributed by atoms with Crippen LogP contribution in [-0.2, 0) is 9.53 Å². The summed E-state index contributed by atoms with van der Waals surface area (Å²) in [6.45, 7) is 3.45. The number of ether oxygens (including phenoxy) is 1. The lowest BCUT2D eigenvalue weighted by atomic mass is 10.0. The number of carbonyl (C=O) groups is 1. The maximum Gasteiger partial charge on any atom is 0.380 e. The van der Waals surface area contributed by atoms with Crippen molar-refractivity contribution in [2.75, 3.05) is 6.61 Å². The Kier molecular flexibility index (Phi) is 13.2. The van der Waals surface area contributed by atoms with E-state index in [2.05, 4.69) is 11.7 Å². The highest BCUT2D eigenvalue weighted by Crippen LogP contribution is 2.27. The summed E-state index contributed by atoms with van der Waals surface area (Å²) < 4.78 is 44.4. The van der Waals surface area contributed by atoms with E-state index >= 15 is 0 Å². The van der Waals surface area contributed by atoms with Crippen LogP contribution >= 0.6 is 0 Å². The molecule has 0 amide bonds. The molecule has 0 aromatic rings. The third kappa shape index (κ3) is 10.6. The molecule has 2 nitrogen and oxygen atoms in total. The van der Waals surface area contributed by atoms with Crippen LogP contribution in [0.15, 0.2) is 0 Å². The fourth-order valence-electron chi connectivity index (χ4n) is 2.52. The van der Waals surface area contributed by atoms with Gasteiger partial charge in [-0.15, -0.1) is 0 Å². The fourth-order valence-corrected chi connectivity index (χ4v) is 2.52. The van der Waals surface area contributed by atoms with E-state index < -0.39 is 18.1 Å². The number of halogens is 3. The average molecular weight is 338 g/mol. The lowest BCUT2D eigenvalue weighted by molar-refractivity contribution is -0.181. The minimum atomic E-state index is -4.02. The van der Waals surface area contributed by atoms with Gasteiger partial charge in [0.15, 0.2) is 6.17 Å². The molecular formula is C18H33F3O2. The molecule has 0 saturated heterocycles. The molecule has 0 fully saturated rings. The van der Waals surface area contributed by atoms with Gasteiger partial charge in [0.25, 0.3) is 0 Å². The van der Waals surface area contributed by atoms with Crippen LogP contribution in [0.1, 0.15) is 90.9 Å². The predicted octanol–water partition coefficient (Wildman–Crippen LogP) is 6.22. The second kappa shape index (κ2) is 13.7. The molecule has 138 valence electrons. The molecule has 5 heteroatoms. The van der Waals surface area contributed by atoms with E-state index in [1.165, 1.54) is 45.4 Å². The fraction of sp³-hybridized carbons (Fsp3) is 0.944. The van der Waals surface area contributed by atoms with E-state index in [0.29, 0.717) is 6.42 Å². The second-order valence-corrected chi connectivity index (χ2v) is 6.14. The van der Waals surface area contributed by atoms with Crippen LogP contribution in [0.4, 0.5) is 13.2 Å². The van der Waals surface area contributed by atoms with Gasteiger partial charge in [-0.05, 0) is 13.3 Å². The largest absolute Gasteiger partial charge is 0.461 e. The number of unbranched alkanes of at least 4 members (excludes halogenated alkanes) is 10. The van der Waals surface area contributed by atoms with Crippen molar-refractivity contribution in [2.45, 2.75) is 103 Å². The Labute approximate surface area is 139 Å². The van der Waals surface area contributed by atoms with Gasteiger partial charge in [-0.1, -0.05) is 77.6 Å². The zero-order chi connectivity index (χ0) is 17.6. The third-order valence-electron chi connectivity index (χ3n) is 4.00. The molecule has 0 spiro atoms. The van der Waals surface area contributed by atoms with Gasteiger partial charge in [0.2, 0.25) is 0 Å². The lowest BCUT2D eigenvalue weighted by Gasteiger charge is -2.18. The summed E-state index contributed by atoms with van der Waals surface area (Å²) in [6, 6.07) is 0. The first kappa shape index (κ1) is 22.3. The van der Waals surface area contributed by atoms with Crippen molar-refractivity contribution in [3.05, 3.63) is 0 Å². The van der Waals surface area contributed by atoms with E-state index in [1.54, 1.807) is 0 Å². The van der Waals surface area contributed by atoms with Gasteiger partial charge < -0.3 is 4.74 Å². The molecule has 1 unspecified atom stereocenters. The normalized spacial score (nSPS) is 13.1. The Bertz CT molecular complexity index is 296. The molecule has 0 saturated carbocycles. The molecule has 1 atom stereocenters. The molecule has 0 bridgehead atoms. The average Bonchev–Trinajstić information content (AvgIpc) is 2.52. The number of carbonyl (C=O) groups excluding carboxylic acids is 1. The van der Waals surface area contributed by atoms with Gasteiger partial charge in [0, 0.05) is 0 Å². The highest BCUT2D eigenvalue weighted by molar-refractivity contribution is 5.78. The number of alkyl halides is 3. The number of hydrogen-bond donors (Lipinski definition) is 0. The summed E-state index contributed by atoms with van der Waals surface area (Å²) in [5, 5.41) is 0. The third-order valence-corrected chi connectivity index (χ3v) is 4.00. The SMILES string of the molecule is CCCCCCCCCCCCCC(F)C(F)(F)C(=O)OCC. The van der Waals surface area contributed by atoms with Gasteiger partial charge in [-0.3, -0.25) is 0 Å². The summed E-state index contributed by atoms with van der Waals surface area (Å²) in [5.74, 6) is -5.77. The maximum absolute atomic E-state index is 13.5. The van der Waals surface area contributed by atoms with Crippen LogP contribution in [0.2, 0.25) is 0 Å². The van der Waals surface area contributed by atoms with Crippen LogP contribution in [-0.4, -0.2) is 24.7 Å². The smallest absolute Gasteiger partial charge is 0.380 e. The Morgan fingerprint density at radius 1 is 0.870 bits per heavy atom. The topological polar surface area (TPSA) is 26.3 Å². The highest BCUT2D eigenvalue weighted by Gasteiger charge is 2.49. The van der Waals surface area contributed by atoms with Crippen LogP contribution < -0.4 is 0 Å². The second-order valence-electron chi connectivity index (χ2n) is 6.14. The molecule has 0 aliphatic heterocycles. The molecule has 0 aliphatic carbocycles. The minimum Gasteiger partial charge on any atom is -0.461 e. The molecule has 0 radical (unpaired) electrons. The molecule has 0 aromatic heterocycles. The molecule has 0 heterocycles. The Morgan fingerprint density at radius 3 is 1.74 bits per heavy atom. The van der Waals surface area contributed by atoms with Gasteiger partial charge in [-0.25, -0.2) is 9.18 Å². The van der Waals surface area contributed by atoms with Crippen LogP contribution in [0.5, 0.6) is 0 Å². The quantitative estimate of drug-likeness (QED) is 0.261. The number of hydrogen-bond acceptors (Lipinski definition) is 2. The predicted molar refractivity (Wildman–Crippen MR) is 87.6 cm³/mol. The summed E-state index contributed by atoms with van der Waals surface area (Å²) >= 11 is 0. The van der Waals surface area contributed by atoms with E-state index in [1.807, 2.05) is 0 Å². The molecule has 0 rings (SSSR count). The zero-order valence-corrected chi connectivity index (χ0v) is 14.7. The molecule has 0 N–H and O–H groups in total. The van der Waals surface area contributed by atoms with Crippen molar-refractivity contribution in [2.24, 2.45) is 0 Å². The number of esters is 1.